The Labute approximate surface area is 172 Å². The summed E-state index contributed by atoms with van der Waals surface area (Å²) in [5.41, 5.74) is 5.54. The Kier molecular flexibility index (Phi) is 5.63. The van der Waals surface area contributed by atoms with Crippen LogP contribution in [0.2, 0.25) is 0 Å². The normalized spacial score (nSPS) is 25.1. The Hall–Kier alpha value is -2.01. The van der Waals surface area contributed by atoms with Gasteiger partial charge < -0.3 is 20.5 Å². The summed E-state index contributed by atoms with van der Waals surface area (Å²) in [6.07, 6.45) is 5.93. The molecule has 1 aromatic carbocycles. The molecule has 6 heteroatoms. The summed E-state index contributed by atoms with van der Waals surface area (Å²) in [5.74, 6) is 1.42. The standard InChI is InChI=1S/C22H28ClN4O/c1-14(2)8-15-4-3-5-16-9-18(10-19(15)16)25-22-24-12-17-13-27(21(28)11-23)7-6-20(17)26-22/h3-5,12,14,18,20H,6-11,13H2,1-2H3,(H-,24,25,26)/q-1. The van der Waals surface area contributed by atoms with Gasteiger partial charge in [0.2, 0.25) is 5.91 Å². The fraction of sp³-hybridized carbons (Fsp3) is 0.545. The Morgan fingerprint density at radius 3 is 3.04 bits per heavy atom. The van der Waals surface area contributed by atoms with Crippen molar-refractivity contribution in [3.8, 4) is 0 Å². The van der Waals surface area contributed by atoms with E-state index in [4.69, 9.17) is 21.9 Å². The number of fused-ring (bicyclic) bond motifs is 2. The molecule has 0 spiro atoms. The summed E-state index contributed by atoms with van der Waals surface area (Å²) in [6, 6.07) is 7.07. The van der Waals surface area contributed by atoms with Gasteiger partial charge in [-0.2, -0.15) is 0 Å². The molecule has 0 bridgehead atoms. The van der Waals surface area contributed by atoms with Crippen LogP contribution in [0.1, 0.15) is 37.0 Å². The van der Waals surface area contributed by atoms with Crippen molar-refractivity contribution in [2.75, 3.05) is 19.0 Å². The van der Waals surface area contributed by atoms with Gasteiger partial charge in [0.1, 0.15) is 5.88 Å². The maximum Gasteiger partial charge on any atom is 0.237 e. The van der Waals surface area contributed by atoms with Crippen molar-refractivity contribution in [1.29, 1.82) is 0 Å². The van der Waals surface area contributed by atoms with Crippen LogP contribution in [0, 0.1) is 5.92 Å². The number of hydrogen-bond donors (Lipinski definition) is 1. The second kappa shape index (κ2) is 8.16. The summed E-state index contributed by atoms with van der Waals surface area (Å²) in [6.45, 7) is 5.85. The monoisotopic (exact) mass is 399 g/mol. The van der Waals surface area contributed by atoms with E-state index in [9.17, 15) is 4.79 Å². The first-order valence-electron chi connectivity index (χ1n) is 10.2. The molecule has 2 heterocycles. The smallest absolute Gasteiger partial charge is 0.237 e. The van der Waals surface area contributed by atoms with E-state index >= 15 is 0 Å². The number of rotatable bonds is 4. The number of carbonyl (C=O) groups excluding carboxylic acids is 1. The number of halogens is 1. The van der Waals surface area contributed by atoms with E-state index in [0.717, 1.165) is 37.2 Å². The van der Waals surface area contributed by atoms with Gasteiger partial charge in [0.25, 0.3) is 0 Å². The van der Waals surface area contributed by atoms with Crippen molar-refractivity contribution in [2.45, 2.75) is 51.6 Å². The molecule has 1 N–H and O–H groups in total. The Bertz CT molecular complexity index is 817. The van der Waals surface area contributed by atoms with Gasteiger partial charge in [0.05, 0.1) is 0 Å². The maximum atomic E-state index is 11.8. The van der Waals surface area contributed by atoms with Crippen molar-refractivity contribution in [3.05, 3.63) is 52.0 Å². The summed E-state index contributed by atoms with van der Waals surface area (Å²) in [5, 5.41) is 8.07. The number of alkyl halides is 1. The number of likely N-dealkylation sites (tertiary alicyclic amines) is 1. The quantitative estimate of drug-likeness (QED) is 0.789. The number of carbonyl (C=O) groups is 1. The zero-order valence-electron chi connectivity index (χ0n) is 16.6. The van der Waals surface area contributed by atoms with Crippen LogP contribution in [0.5, 0.6) is 0 Å². The molecule has 1 saturated heterocycles. The van der Waals surface area contributed by atoms with Gasteiger partial charge in [-0.25, -0.2) is 0 Å². The molecule has 1 amide bonds. The first-order valence-corrected chi connectivity index (χ1v) is 10.7. The van der Waals surface area contributed by atoms with Crippen LogP contribution in [0.15, 0.2) is 35.0 Å². The molecule has 2 aliphatic heterocycles. The molecule has 4 rings (SSSR count). The minimum absolute atomic E-state index is 0.0126. The van der Waals surface area contributed by atoms with Crippen molar-refractivity contribution in [2.24, 2.45) is 10.9 Å². The number of amides is 1. The Morgan fingerprint density at radius 1 is 1.39 bits per heavy atom. The number of aliphatic imine (C=N–C) groups is 1. The molecule has 150 valence electrons. The van der Waals surface area contributed by atoms with Gasteiger partial charge in [-0.1, -0.05) is 38.2 Å². The number of nitrogens with one attached hydrogen (secondary N) is 1. The third-order valence-corrected chi connectivity index (χ3v) is 6.03. The predicted octanol–water partition coefficient (Wildman–Crippen LogP) is 3.41. The van der Waals surface area contributed by atoms with Crippen molar-refractivity contribution in [1.82, 2.24) is 10.2 Å². The number of benzene rings is 1. The topological polar surface area (TPSA) is 58.8 Å². The average molecular weight is 400 g/mol. The summed E-state index contributed by atoms with van der Waals surface area (Å²) >= 11 is 5.69. The molecule has 2 atom stereocenters. The van der Waals surface area contributed by atoms with E-state index in [-0.39, 0.29) is 23.9 Å². The van der Waals surface area contributed by atoms with Gasteiger partial charge in [0, 0.05) is 31.1 Å². The number of piperidine rings is 1. The highest BCUT2D eigenvalue weighted by molar-refractivity contribution is 6.27. The SMILES string of the molecule is CC(C)Cc1cccc2c1CC(N=C1[N-]C3CCN(C(=O)CCl)CC3=CN1)C2. The fourth-order valence-electron chi connectivity index (χ4n) is 4.47. The highest BCUT2D eigenvalue weighted by Gasteiger charge is 2.27. The lowest BCUT2D eigenvalue weighted by molar-refractivity contribution is -0.128. The lowest BCUT2D eigenvalue weighted by Crippen LogP contribution is -2.45. The molecule has 0 radical (unpaired) electrons. The van der Waals surface area contributed by atoms with Gasteiger partial charge in [0.15, 0.2) is 0 Å². The zero-order valence-corrected chi connectivity index (χ0v) is 17.4. The molecule has 0 saturated carbocycles. The van der Waals surface area contributed by atoms with Crippen LogP contribution in [0.3, 0.4) is 0 Å². The first-order chi connectivity index (χ1) is 13.5. The molecular weight excluding hydrogens is 372 g/mol. The van der Waals surface area contributed by atoms with Crippen molar-refractivity contribution >= 4 is 23.5 Å². The van der Waals surface area contributed by atoms with E-state index in [1.807, 2.05) is 6.20 Å². The van der Waals surface area contributed by atoms with Gasteiger partial charge >= 0.3 is 0 Å². The third-order valence-electron chi connectivity index (χ3n) is 5.80. The van der Waals surface area contributed by atoms with Gasteiger partial charge in [-0.15, -0.1) is 11.6 Å². The molecule has 2 unspecified atom stereocenters. The van der Waals surface area contributed by atoms with Gasteiger partial charge in [-0.3, -0.25) is 4.79 Å². The molecule has 0 aromatic heterocycles. The van der Waals surface area contributed by atoms with E-state index in [1.54, 1.807) is 4.90 Å². The van der Waals surface area contributed by atoms with Crippen LogP contribution in [-0.4, -0.2) is 47.8 Å². The molecule has 1 aliphatic carbocycles. The molecule has 28 heavy (non-hydrogen) atoms. The lowest BCUT2D eigenvalue weighted by atomic mass is 9.96. The average Bonchev–Trinajstić information content (AvgIpc) is 3.10. The minimum Gasteiger partial charge on any atom is -0.418 e. The molecule has 5 nitrogen and oxygen atoms in total. The van der Waals surface area contributed by atoms with Crippen molar-refractivity contribution < 1.29 is 4.79 Å². The minimum atomic E-state index is -0.0126. The molecule has 1 aromatic rings. The second-order valence-electron chi connectivity index (χ2n) is 8.41. The van der Waals surface area contributed by atoms with Crippen LogP contribution >= 0.6 is 11.6 Å². The van der Waals surface area contributed by atoms with Crippen LogP contribution < -0.4 is 5.32 Å². The fourth-order valence-corrected chi connectivity index (χ4v) is 4.63. The zero-order chi connectivity index (χ0) is 19.7. The number of guanidine groups is 1. The lowest BCUT2D eigenvalue weighted by Gasteiger charge is -2.41. The maximum absolute atomic E-state index is 11.8. The van der Waals surface area contributed by atoms with Crippen molar-refractivity contribution in [3.63, 3.8) is 0 Å². The largest absolute Gasteiger partial charge is 0.418 e. The van der Waals surface area contributed by atoms with Crippen LogP contribution in [-0.2, 0) is 24.1 Å². The van der Waals surface area contributed by atoms with E-state index in [2.05, 4.69) is 37.4 Å². The highest BCUT2D eigenvalue weighted by Crippen LogP contribution is 2.30. The Morgan fingerprint density at radius 2 is 2.25 bits per heavy atom. The number of hydrogen-bond acceptors (Lipinski definition) is 2. The predicted molar refractivity (Wildman–Crippen MR) is 114 cm³/mol. The second-order valence-corrected chi connectivity index (χ2v) is 8.68. The molecular formula is C22H28ClN4O-. The van der Waals surface area contributed by atoms with E-state index in [0.29, 0.717) is 19.0 Å². The van der Waals surface area contributed by atoms with E-state index < -0.39 is 0 Å². The highest BCUT2D eigenvalue weighted by atomic mass is 35.5. The third kappa shape index (κ3) is 4.04. The van der Waals surface area contributed by atoms with Crippen LogP contribution in [0.4, 0.5) is 0 Å². The van der Waals surface area contributed by atoms with E-state index in [1.165, 1.54) is 16.7 Å². The summed E-state index contributed by atoms with van der Waals surface area (Å²) in [7, 11) is 0. The summed E-state index contributed by atoms with van der Waals surface area (Å²) in [4.78, 5) is 18.6. The van der Waals surface area contributed by atoms with Crippen LogP contribution in [0.25, 0.3) is 5.32 Å². The summed E-state index contributed by atoms with van der Waals surface area (Å²) < 4.78 is 0. The Balaban J connectivity index is 1.43. The molecule has 1 fully saturated rings. The van der Waals surface area contributed by atoms with Gasteiger partial charge in [-0.05, 0) is 53.9 Å². The first kappa shape index (κ1) is 19.3. The number of nitrogens with zero attached hydrogens (tertiary/aromatic N) is 3. The molecule has 3 aliphatic rings.